The molecule has 0 bridgehead atoms. The highest BCUT2D eigenvalue weighted by atomic mass is 16.6. The fourth-order valence-corrected chi connectivity index (χ4v) is 2.08. The van der Waals surface area contributed by atoms with Gasteiger partial charge in [0.1, 0.15) is 5.60 Å². The summed E-state index contributed by atoms with van der Waals surface area (Å²) in [6.45, 7) is 8.36. The largest absolute Gasteiger partial charge is 0.456 e. The summed E-state index contributed by atoms with van der Waals surface area (Å²) in [4.78, 5) is 24.2. The number of carbonyl (C=O) groups excluding carboxylic acids is 1. The predicted octanol–water partition coefficient (Wildman–Crippen LogP) is 1.64. The SMILES string of the molecule is CCCCn1nnnc1Cn1cc(C(=O)OC(C)(C)C)ccc1=O. The highest BCUT2D eigenvalue weighted by molar-refractivity contribution is 5.89. The molecular formula is C16H23N5O3. The van der Waals surface area contributed by atoms with Crippen LogP contribution in [0, 0.1) is 0 Å². The van der Waals surface area contributed by atoms with Gasteiger partial charge in [0.05, 0.1) is 12.1 Å². The van der Waals surface area contributed by atoms with Crippen LogP contribution in [-0.2, 0) is 17.8 Å². The van der Waals surface area contributed by atoms with Crippen LogP contribution in [-0.4, -0.2) is 36.3 Å². The average Bonchev–Trinajstić information content (AvgIpc) is 2.92. The number of hydrogen-bond donors (Lipinski definition) is 0. The molecule has 0 aromatic carbocycles. The van der Waals surface area contributed by atoms with Crippen molar-refractivity contribution in [2.75, 3.05) is 0 Å². The zero-order valence-corrected chi connectivity index (χ0v) is 14.5. The van der Waals surface area contributed by atoms with Gasteiger partial charge in [0.15, 0.2) is 5.82 Å². The first-order valence-electron chi connectivity index (χ1n) is 7.99. The maximum Gasteiger partial charge on any atom is 0.340 e. The van der Waals surface area contributed by atoms with Gasteiger partial charge in [-0.05, 0) is 43.7 Å². The molecule has 0 atom stereocenters. The maximum atomic E-state index is 12.2. The molecule has 0 radical (unpaired) electrons. The lowest BCUT2D eigenvalue weighted by molar-refractivity contribution is 0.00685. The van der Waals surface area contributed by atoms with Crippen LogP contribution in [0.1, 0.15) is 56.7 Å². The van der Waals surface area contributed by atoms with Crippen LogP contribution in [0.25, 0.3) is 0 Å². The lowest BCUT2D eigenvalue weighted by Crippen LogP contribution is -2.26. The number of ether oxygens (including phenoxy) is 1. The fourth-order valence-electron chi connectivity index (χ4n) is 2.08. The number of tetrazole rings is 1. The first kappa shape index (κ1) is 17.8. The number of aromatic nitrogens is 5. The van der Waals surface area contributed by atoms with Crippen LogP contribution >= 0.6 is 0 Å². The van der Waals surface area contributed by atoms with E-state index in [0.29, 0.717) is 17.9 Å². The maximum absolute atomic E-state index is 12.2. The number of carbonyl (C=O) groups is 1. The number of esters is 1. The Hall–Kier alpha value is -2.51. The molecule has 0 saturated heterocycles. The van der Waals surface area contributed by atoms with E-state index in [1.165, 1.54) is 22.9 Å². The number of rotatable bonds is 6. The molecule has 8 nitrogen and oxygen atoms in total. The summed E-state index contributed by atoms with van der Waals surface area (Å²) in [6, 6.07) is 2.81. The third-order valence-corrected chi connectivity index (χ3v) is 3.26. The van der Waals surface area contributed by atoms with Gasteiger partial charge < -0.3 is 9.30 Å². The van der Waals surface area contributed by atoms with Gasteiger partial charge in [0.2, 0.25) is 0 Å². The molecule has 0 N–H and O–H groups in total. The van der Waals surface area contributed by atoms with E-state index in [1.807, 2.05) is 0 Å². The third-order valence-electron chi connectivity index (χ3n) is 3.26. The summed E-state index contributed by atoms with van der Waals surface area (Å²) in [7, 11) is 0. The van der Waals surface area contributed by atoms with Crippen molar-refractivity contribution >= 4 is 5.97 Å². The number of nitrogens with zero attached hydrogens (tertiary/aromatic N) is 5. The third kappa shape index (κ3) is 4.74. The molecule has 2 heterocycles. The molecule has 0 spiro atoms. The molecule has 2 aromatic rings. The van der Waals surface area contributed by atoms with Crippen LogP contribution in [0.15, 0.2) is 23.1 Å². The molecule has 0 aliphatic heterocycles. The van der Waals surface area contributed by atoms with E-state index in [9.17, 15) is 9.59 Å². The standard InChI is InChI=1S/C16H23N5O3/c1-5-6-9-21-13(17-18-19-21)11-20-10-12(7-8-14(20)22)15(23)24-16(2,3)4/h7-8,10H,5-6,9,11H2,1-4H3. The minimum atomic E-state index is -0.595. The second-order valence-corrected chi connectivity index (χ2v) is 6.56. The summed E-state index contributed by atoms with van der Waals surface area (Å²) < 4.78 is 8.42. The Morgan fingerprint density at radius 2 is 2.04 bits per heavy atom. The molecule has 24 heavy (non-hydrogen) atoms. The van der Waals surface area contributed by atoms with Gasteiger partial charge in [-0.1, -0.05) is 13.3 Å². The summed E-state index contributed by atoms with van der Waals surface area (Å²) in [6.07, 6.45) is 3.45. The Morgan fingerprint density at radius 3 is 2.71 bits per heavy atom. The molecule has 2 rings (SSSR count). The van der Waals surface area contributed by atoms with Crippen LogP contribution in [0.3, 0.4) is 0 Å². The number of hydrogen-bond acceptors (Lipinski definition) is 6. The molecule has 0 amide bonds. The molecule has 0 saturated carbocycles. The minimum absolute atomic E-state index is 0.201. The van der Waals surface area contributed by atoms with Crippen LogP contribution in [0.5, 0.6) is 0 Å². The zero-order valence-electron chi connectivity index (χ0n) is 14.5. The monoisotopic (exact) mass is 333 g/mol. The molecule has 2 aromatic heterocycles. The Morgan fingerprint density at radius 1 is 1.29 bits per heavy atom. The second kappa shape index (κ2) is 7.37. The second-order valence-electron chi connectivity index (χ2n) is 6.56. The van der Waals surface area contributed by atoms with Gasteiger partial charge in [-0.25, -0.2) is 9.48 Å². The van der Waals surface area contributed by atoms with Crippen molar-refractivity contribution in [1.82, 2.24) is 24.8 Å². The zero-order chi connectivity index (χ0) is 17.7. The first-order chi connectivity index (χ1) is 11.3. The van der Waals surface area contributed by atoms with Gasteiger partial charge in [0.25, 0.3) is 5.56 Å². The molecule has 0 unspecified atom stereocenters. The van der Waals surface area contributed by atoms with Crippen molar-refractivity contribution in [2.24, 2.45) is 0 Å². The Bertz CT molecular complexity index is 758. The smallest absolute Gasteiger partial charge is 0.340 e. The van der Waals surface area contributed by atoms with Gasteiger partial charge in [-0.15, -0.1) is 5.10 Å². The Kier molecular flexibility index (Phi) is 5.48. The average molecular weight is 333 g/mol. The van der Waals surface area contributed by atoms with E-state index in [1.54, 1.807) is 25.5 Å². The molecule has 0 fully saturated rings. The van der Waals surface area contributed by atoms with Crippen LogP contribution in [0.2, 0.25) is 0 Å². The summed E-state index contributed by atoms with van der Waals surface area (Å²) in [5.41, 5.74) is -0.507. The van der Waals surface area contributed by atoms with E-state index < -0.39 is 11.6 Å². The van der Waals surface area contributed by atoms with E-state index in [-0.39, 0.29) is 12.1 Å². The fraction of sp³-hybridized carbons (Fsp3) is 0.562. The highest BCUT2D eigenvalue weighted by Gasteiger charge is 2.19. The molecule has 0 aliphatic carbocycles. The number of pyridine rings is 1. The van der Waals surface area contributed by atoms with Crippen LogP contribution < -0.4 is 5.56 Å². The summed E-state index contributed by atoms with van der Waals surface area (Å²) in [5.74, 6) is 0.105. The summed E-state index contributed by atoms with van der Waals surface area (Å²) in [5, 5.41) is 11.6. The lowest BCUT2D eigenvalue weighted by atomic mass is 10.2. The lowest BCUT2D eigenvalue weighted by Gasteiger charge is -2.19. The van der Waals surface area contributed by atoms with E-state index in [4.69, 9.17) is 4.74 Å². The normalized spacial score (nSPS) is 11.5. The van der Waals surface area contributed by atoms with Gasteiger partial charge >= 0.3 is 5.97 Å². The van der Waals surface area contributed by atoms with Gasteiger partial charge in [-0.3, -0.25) is 4.79 Å². The van der Waals surface area contributed by atoms with Crippen molar-refractivity contribution in [3.8, 4) is 0 Å². The number of unbranched alkanes of at least 4 members (excludes halogenated alkanes) is 1. The topological polar surface area (TPSA) is 91.9 Å². The van der Waals surface area contributed by atoms with E-state index >= 15 is 0 Å². The van der Waals surface area contributed by atoms with Crippen molar-refractivity contribution in [1.29, 1.82) is 0 Å². The molecule has 8 heteroatoms. The Labute approximate surface area is 140 Å². The highest BCUT2D eigenvalue weighted by Crippen LogP contribution is 2.11. The minimum Gasteiger partial charge on any atom is -0.456 e. The van der Waals surface area contributed by atoms with Gasteiger partial charge in [0, 0.05) is 18.8 Å². The Balaban J connectivity index is 2.22. The summed E-state index contributed by atoms with van der Waals surface area (Å²) >= 11 is 0. The number of aryl methyl sites for hydroxylation is 1. The van der Waals surface area contributed by atoms with Crippen LogP contribution in [0.4, 0.5) is 0 Å². The molecule has 0 aliphatic rings. The van der Waals surface area contributed by atoms with Crippen molar-refractivity contribution in [3.05, 3.63) is 40.1 Å². The molecule has 130 valence electrons. The quantitative estimate of drug-likeness (QED) is 0.746. The first-order valence-corrected chi connectivity index (χ1v) is 7.99. The van der Waals surface area contributed by atoms with Crippen molar-refractivity contribution in [3.63, 3.8) is 0 Å². The molecular weight excluding hydrogens is 310 g/mol. The van der Waals surface area contributed by atoms with Crippen molar-refractivity contribution < 1.29 is 9.53 Å². The van der Waals surface area contributed by atoms with Gasteiger partial charge in [-0.2, -0.15) is 0 Å². The van der Waals surface area contributed by atoms with E-state index in [2.05, 4.69) is 22.4 Å². The predicted molar refractivity (Wildman–Crippen MR) is 87.7 cm³/mol. The van der Waals surface area contributed by atoms with Crippen molar-refractivity contribution in [2.45, 2.75) is 59.2 Å². The van der Waals surface area contributed by atoms with E-state index in [0.717, 1.165) is 12.8 Å².